The standard InChI is InChI=1S/C21H29N3O3S/c1-16(2)28(25,26)24-18-10-8-17(9-11-18)14-22-19-12-13-21(23-15-19)27-20-6-4-3-5-7-20/h3-7,12-13,15-18,22,24H,8-11,14H2,1-2H3. The van der Waals surface area contributed by atoms with Crippen molar-refractivity contribution in [3.8, 4) is 11.6 Å². The quantitative estimate of drug-likeness (QED) is 0.691. The number of hydrogen-bond donors (Lipinski definition) is 2. The molecule has 2 aromatic rings. The molecular formula is C21H29N3O3S. The summed E-state index contributed by atoms with van der Waals surface area (Å²) in [5, 5.41) is 3.05. The van der Waals surface area contributed by atoms with Gasteiger partial charge in [-0.15, -0.1) is 0 Å². The van der Waals surface area contributed by atoms with Crippen LogP contribution in [0, 0.1) is 5.92 Å². The maximum atomic E-state index is 12.0. The van der Waals surface area contributed by atoms with Gasteiger partial charge < -0.3 is 10.1 Å². The number of pyridine rings is 1. The summed E-state index contributed by atoms with van der Waals surface area (Å²) in [6.45, 7) is 4.29. The van der Waals surface area contributed by atoms with Crippen LogP contribution in [0.4, 0.5) is 5.69 Å². The van der Waals surface area contributed by atoms with Crippen molar-refractivity contribution in [3.63, 3.8) is 0 Å². The predicted molar refractivity (Wildman–Crippen MR) is 112 cm³/mol. The highest BCUT2D eigenvalue weighted by atomic mass is 32.2. The topological polar surface area (TPSA) is 80.3 Å². The van der Waals surface area contributed by atoms with Crippen molar-refractivity contribution in [1.29, 1.82) is 0 Å². The number of para-hydroxylation sites is 1. The van der Waals surface area contributed by atoms with Crippen molar-refractivity contribution in [3.05, 3.63) is 48.7 Å². The van der Waals surface area contributed by atoms with E-state index in [4.69, 9.17) is 4.74 Å². The van der Waals surface area contributed by atoms with Crippen LogP contribution in [0.2, 0.25) is 0 Å². The van der Waals surface area contributed by atoms with Gasteiger partial charge in [0.1, 0.15) is 5.75 Å². The second-order valence-corrected chi connectivity index (χ2v) is 9.88. The first-order chi connectivity index (χ1) is 13.4. The van der Waals surface area contributed by atoms with Crippen LogP contribution in [-0.4, -0.2) is 31.2 Å². The number of nitrogens with one attached hydrogen (secondary N) is 2. The monoisotopic (exact) mass is 403 g/mol. The van der Waals surface area contributed by atoms with Crippen molar-refractivity contribution in [2.45, 2.75) is 50.8 Å². The third-order valence-corrected chi connectivity index (χ3v) is 7.00. The van der Waals surface area contributed by atoms with Crippen molar-refractivity contribution in [2.24, 2.45) is 5.92 Å². The number of sulfonamides is 1. The molecule has 2 N–H and O–H groups in total. The first-order valence-electron chi connectivity index (χ1n) is 9.86. The molecule has 1 saturated carbocycles. The average molecular weight is 404 g/mol. The molecule has 0 bridgehead atoms. The van der Waals surface area contributed by atoms with Crippen LogP contribution >= 0.6 is 0 Å². The summed E-state index contributed by atoms with van der Waals surface area (Å²) in [5.41, 5.74) is 0.961. The van der Waals surface area contributed by atoms with E-state index in [9.17, 15) is 8.42 Å². The minimum Gasteiger partial charge on any atom is -0.439 e. The molecule has 0 atom stereocenters. The molecule has 1 fully saturated rings. The molecule has 7 heteroatoms. The zero-order valence-electron chi connectivity index (χ0n) is 16.5. The fourth-order valence-electron chi connectivity index (χ4n) is 3.27. The Morgan fingerprint density at radius 2 is 1.79 bits per heavy atom. The van der Waals surface area contributed by atoms with E-state index in [1.807, 2.05) is 42.5 Å². The Bertz CT molecular complexity index is 831. The molecule has 1 aliphatic carbocycles. The van der Waals surface area contributed by atoms with E-state index in [1.54, 1.807) is 20.0 Å². The molecular weight excluding hydrogens is 374 g/mol. The van der Waals surface area contributed by atoms with E-state index >= 15 is 0 Å². The predicted octanol–water partition coefficient (Wildman–Crippen LogP) is 4.17. The van der Waals surface area contributed by atoms with Crippen molar-refractivity contribution >= 4 is 15.7 Å². The molecule has 0 aliphatic heterocycles. The molecule has 0 unspecified atom stereocenters. The summed E-state index contributed by atoms with van der Waals surface area (Å²) in [5.74, 6) is 1.87. The van der Waals surface area contributed by atoms with E-state index in [2.05, 4.69) is 15.0 Å². The molecule has 28 heavy (non-hydrogen) atoms. The summed E-state index contributed by atoms with van der Waals surface area (Å²) in [6, 6.07) is 13.5. The molecule has 3 rings (SSSR count). The lowest BCUT2D eigenvalue weighted by Crippen LogP contribution is -2.41. The van der Waals surface area contributed by atoms with Crippen LogP contribution in [0.5, 0.6) is 11.6 Å². The minimum atomic E-state index is -3.18. The maximum Gasteiger partial charge on any atom is 0.219 e. The van der Waals surface area contributed by atoms with Gasteiger partial charge in [-0.2, -0.15) is 0 Å². The van der Waals surface area contributed by atoms with Crippen LogP contribution in [-0.2, 0) is 10.0 Å². The number of nitrogens with zero attached hydrogens (tertiary/aromatic N) is 1. The Kier molecular flexibility index (Phi) is 6.91. The van der Waals surface area contributed by atoms with Gasteiger partial charge in [0, 0.05) is 18.7 Å². The van der Waals surface area contributed by atoms with E-state index in [1.165, 1.54) is 0 Å². The third-order valence-electron chi connectivity index (χ3n) is 5.10. The van der Waals surface area contributed by atoms with E-state index < -0.39 is 10.0 Å². The van der Waals surface area contributed by atoms with Crippen LogP contribution in [0.15, 0.2) is 48.7 Å². The number of aromatic nitrogens is 1. The molecule has 152 valence electrons. The fraction of sp³-hybridized carbons (Fsp3) is 0.476. The Hall–Kier alpha value is -2.12. The number of anilines is 1. The van der Waals surface area contributed by atoms with Gasteiger partial charge in [-0.25, -0.2) is 18.1 Å². The highest BCUT2D eigenvalue weighted by molar-refractivity contribution is 7.90. The largest absolute Gasteiger partial charge is 0.439 e. The van der Waals surface area contributed by atoms with Gasteiger partial charge >= 0.3 is 0 Å². The Labute approximate surface area is 167 Å². The Morgan fingerprint density at radius 1 is 1.07 bits per heavy atom. The van der Waals surface area contributed by atoms with Gasteiger partial charge in [0.05, 0.1) is 17.1 Å². The lowest BCUT2D eigenvalue weighted by molar-refractivity contribution is 0.323. The van der Waals surface area contributed by atoms with Crippen LogP contribution in [0.25, 0.3) is 0 Å². The molecule has 1 aromatic heterocycles. The van der Waals surface area contributed by atoms with Crippen molar-refractivity contribution in [2.75, 3.05) is 11.9 Å². The van der Waals surface area contributed by atoms with Crippen LogP contribution in [0.3, 0.4) is 0 Å². The van der Waals surface area contributed by atoms with Crippen molar-refractivity contribution < 1.29 is 13.2 Å². The second kappa shape index (κ2) is 9.39. The van der Waals surface area contributed by atoms with E-state index in [0.29, 0.717) is 11.8 Å². The van der Waals surface area contributed by atoms with Gasteiger partial charge in [0.25, 0.3) is 0 Å². The molecule has 1 aromatic carbocycles. The molecule has 0 amide bonds. The summed E-state index contributed by atoms with van der Waals surface area (Å²) < 4.78 is 32.5. The maximum absolute atomic E-state index is 12.0. The van der Waals surface area contributed by atoms with Gasteiger partial charge in [-0.05, 0) is 63.6 Å². The zero-order valence-corrected chi connectivity index (χ0v) is 17.3. The Balaban J connectivity index is 1.42. The second-order valence-electron chi connectivity index (χ2n) is 7.61. The molecule has 1 heterocycles. The highest BCUT2D eigenvalue weighted by Crippen LogP contribution is 2.26. The van der Waals surface area contributed by atoms with Crippen molar-refractivity contribution in [1.82, 2.24) is 9.71 Å². The SMILES string of the molecule is CC(C)S(=O)(=O)NC1CCC(CNc2ccc(Oc3ccccc3)nc2)CC1. The number of benzene rings is 1. The van der Waals surface area contributed by atoms with E-state index in [0.717, 1.165) is 43.7 Å². The minimum absolute atomic E-state index is 0.0692. The zero-order chi connectivity index (χ0) is 20.0. The molecule has 0 spiro atoms. The highest BCUT2D eigenvalue weighted by Gasteiger charge is 2.26. The fourth-order valence-corrected chi connectivity index (χ4v) is 4.24. The molecule has 1 aliphatic rings. The lowest BCUT2D eigenvalue weighted by Gasteiger charge is -2.29. The van der Waals surface area contributed by atoms with Gasteiger partial charge in [0.2, 0.25) is 15.9 Å². The number of ether oxygens (including phenoxy) is 1. The molecule has 6 nitrogen and oxygen atoms in total. The smallest absolute Gasteiger partial charge is 0.219 e. The summed E-state index contributed by atoms with van der Waals surface area (Å²) in [6.07, 6.45) is 5.59. The first-order valence-corrected chi connectivity index (χ1v) is 11.4. The van der Waals surface area contributed by atoms with E-state index in [-0.39, 0.29) is 11.3 Å². The lowest BCUT2D eigenvalue weighted by atomic mass is 9.86. The number of hydrogen-bond acceptors (Lipinski definition) is 5. The average Bonchev–Trinajstić information content (AvgIpc) is 2.69. The van der Waals surface area contributed by atoms with Gasteiger partial charge in [-0.3, -0.25) is 0 Å². The summed E-state index contributed by atoms with van der Waals surface area (Å²) >= 11 is 0. The van der Waals surface area contributed by atoms with Crippen LogP contribution < -0.4 is 14.8 Å². The van der Waals surface area contributed by atoms with Gasteiger partial charge in [-0.1, -0.05) is 18.2 Å². The van der Waals surface area contributed by atoms with Gasteiger partial charge in [0.15, 0.2) is 0 Å². The normalized spacial score (nSPS) is 20.1. The van der Waals surface area contributed by atoms with Crippen LogP contribution in [0.1, 0.15) is 39.5 Å². The Morgan fingerprint density at radius 3 is 2.39 bits per heavy atom. The molecule has 0 saturated heterocycles. The molecule has 0 radical (unpaired) electrons. The summed E-state index contributed by atoms with van der Waals surface area (Å²) in [4.78, 5) is 4.35. The first kappa shape index (κ1) is 20.6. The number of rotatable bonds is 8. The third kappa shape index (κ3) is 5.94. The summed E-state index contributed by atoms with van der Waals surface area (Å²) in [7, 11) is -3.18.